The van der Waals surface area contributed by atoms with Crippen molar-refractivity contribution in [2.45, 2.75) is 24.7 Å². The lowest BCUT2D eigenvalue weighted by atomic mass is 10.0. The SMILES string of the molecule is Cn1nc(C(=O)O/N=C(\N)C2(c3ccccn3)CC2)cc1C(F)F. The second-order valence-corrected chi connectivity index (χ2v) is 5.53. The van der Waals surface area contributed by atoms with Gasteiger partial charge in [-0.25, -0.2) is 13.6 Å². The van der Waals surface area contributed by atoms with Gasteiger partial charge in [-0.15, -0.1) is 0 Å². The van der Waals surface area contributed by atoms with E-state index in [1.165, 1.54) is 7.05 Å². The summed E-state index contributed by atoms with van der Waals surface area (Å²) in [5.41, 5.74) is 5.52. The molecular formula is C15H15F2N5O2. The third kappa shape index (κ3) is 2.84. The number of alkyl halides is 2. The zero-order valence-electron chi connectivity index (χ0n) is 12.8. The highest BCUT2D eigenvalue weighted by Gasteiger charge is 2.50. The van der Waals surface area contributed by atoms with Gasteiger partial charge < -0.3 is 10.6 Å². The Hall–Kier alpha value is -2.84. The number of carbonyl (C=O) groups excluding carboxylic acids is 1. The van der Waals surface area contributed by atoms with Crippen molar-refractivity contribution in [1.82, 2.24) is 14.8 Å². The molecular weight excluding hydrogens is 320 g/mol. The molecule has 0 saturated heterocycles. The Morgan fingerprint density at radius 1 is 1.46 bits per heavy atom. The summed E-state index contributed by atoms with van der Waals surface area (Å²) in [4.78, 5) is 20.9. The van der Waals surface area contributed by atoms with Crippen molar-refractivity contribution in [2.24, 2.45) is 17.9 Å². The van der Waals surface area contributed by atoms with Crippen LogP contribution in [-0.4, -0.2) is 26.6 Å². The number of hydrogen-bond acceptors (Lipinski definition) is 5. The molecule has 0 bridgehead atoms. The lowest BCUT2D eigenvalue weighted by Gasteiger charge is -2.12. The van der Waals surface area contributed by atoms with Crippen LogP contribution in [0.1, 0.15) is 41.1 Å². The molecule has 1 saturated carbocycles. The molecule has 0 spiro atoms. The first-order chi connectivity index (χ1) is 11.4. The van der Waals surface area contributed by atoms with Gasteiger partial charge in [0.15, 0.2) is 11.5 Å². The number of aromatic nitrogens is 3. The summed E-state index contributed by atoms with van der Waals surface area (Å²) in [7, 11) is 1.32. The molecule has 0 atom stereocenters. The van der Waals surface area contributed by atoms with Gasteiger partial charge in [0.2, 0.25) is 0 Å². The zero-order valence-corrected chi connectivity index (χ0v) is 12.8. The molecule has 0 unspecified atom stereocenters. The number of nitrogens with two attached hydrogens (primary N) is 1. The van der Waals surface area contributed by atoms with Crippen LogP contribution in [0.5, 0.6) is 0 Å². The molecule has 0 aliphatic heterocycles. The van der Waals surface area contributed by atoms with Gasteiger partial charge in [-0.05, 0) is 25.0 Å². The van der Waals surface area contributed by atoms with Crippen molar-refractivity contribution in [3.63, 3.8) is 0 Å². The maximum absolute atomic E-state index is 12.7. The molecule has 0 amide bonds. The fourth-order valence-corrected chi connectivity index (χ4v) is 2.42. The fourth-order valence-electron chi connectivity index (χ4n) is 2.42. The molecule has 1 fully saturated rings. The smallest absolute Gasteiger partial charge is 0.384 e. The second kappa shape index (κ2) is 5.99. The van der Waals surface area contributed by atoms with Gasteiger partial charge >= 0.3 is 5.97 Å². The quantitative estimate of drug-likeness (QED) is 0.390. The van der Waals surface area contributed by atoms with Crippen LogP contribution in [0, 0.1) is 0 Å². The van der Waals surface area contributed by atoms with E-state index in [9.17, 15) is 13.6 Å². The van der Waals surface area contributed by atoms with E-state index in [0.717, 1.165) is 29.3 Å². The number of aryl methyl sites for hydroxylation is 1. The molecule has 0 radical (unpaired) electrons. The van der Waals surface area contributed by atoms with Gasteiger partial charge in [0.25, 0.3) is 6.43 Å². The summed E-state index contributed by atoms with van der Waals surface area (Å²) in [5, 5.41) is 7.35. The first kappa shape index (κ1) is 16.0. The van der Waals surface area contributed by atoms with Crippen LogP contribution >= 0.6 is 0 Å². The average molecular weight is 335 g/mol. The number of carbonyl (C=O) groups is 1. The molecule has 0 aromatic carbocycles. The standard InChI is InChI=1S/C15H15F2N5O2/c1-22-10(12(16)17)8-9(20-22)13(23)24-21-14(18)15(5-6-15)11-4-2-3-7-19-11/h2-4,7-8,12H,5-6H2,1H3,(H2,18,21). The fraction of sp³-hybridized carbons (Fsp3) is 0.333. The highest BCUT2D eigenvalue weighted by atomic mass is 19.3. The Morgan fingerprint density at radius 3 is 2.75 bits per heavy atom. The zero-order chi connectivity index (χ0) is 17.3. The summed E-state index contributed by atoms with van der Waals surface area (Å²) in [6.07, 6.45) is 0.400. The predicted molar refractivity (Wildman–Crippen MR) is 80.4 cm³/mol. The topological polar surface area (TPSA) is 95.4 Å². The van der Waals surface area contributed by atoms with E-state index in [1.807, 2.05) is 12.1 Å². The monoisotopic (exact) mass is 335 g/mol. The van der Waals surface area contributed by atoms with Gasteiger partial charge in [0.05, 0.1) is 11.1 Å². The molecule has 3 rings (SSSR count). The number of oxime groups is 1. The Balaban J connectivity index is 1.74. The minimum Gasteiger partial charge on any atom is -0.384 e. The Morgan fingerprint density at radius 2 is 2.21 bits per heavy atom. The number of pyridine rings is 1. The summed E-state index contributed by atoms with van der Waals surface area (Å²) >= 11 is 0. The summed E-state index contributed by atoms with van der Waals surface area (Å²) in [6.45, 7) is 0. The second-order valence-electron chi connectivity index (χ2n) is 5.53. The van der Waals surface area contributed by atoms with Gasteiger partial charge in [-0.3, -0.25) is 9.67 Å². The van der Waals surface area contributed by atoms with Crippen molar-refractivity contribution in [1.29, 1.82) is 0 Å². The molecule has 24 heavy (non-hydrogen) atoms. The van der Waals surface area contributed by atoms with Crippen LogP contribution in [0.15, 0.2) is 35.6 Å². The van der Waals surface area contributed by atoms with Crippen LogP contribution in [0.2, 0.25) is 0 Å². The largest absolute Gasteiger partial charge is 0.385 e. The summed E-state index contributed by atoms with van der Waals surface area (Å²) in [5.74, 6) is -0.822. The maximum atomic E-state index is 12.7. The number of nitrogens with zero attached hydrogens (tertiary/aromatic N) is 4. The number of amidine groups is 1. The molecule has 2 aromatic heterocycles. The first-order valence-corrected chi connectivity index (χ1v) is 7.23. The minimum absolute atomic E-state index is 0.125. The van der Waals surface area contributed by atoms with Crippen molar-refractivity contribution in [3.05, 3.63) is 47.5 Å². The molecule has 126 valence electrons. The van der Waals surface area contributed by atoms with Gasteiger partial charge in [0, 0.05) is 19.3 Å². The predicted octanol–water partition coefficient (Wildman–Crippen LogP) is 1.91. The van der Waals surface area contributed by atoms with Gasteiger partial charge in [-0.2, -0.15) is 5.10 Å². The van der Waals surface area contributed by atoms with Crippen molar-refractivity contribution in [2.75, 3.05) is 0 Å². The molecule has 9 heteroatoms. The third-order valence-corrected chi connectivity index (χ3v) is 3.97. The Labute approximate surface area is 136 Å². The van der Waals surface area contributed by atoms with Crippen molar-refractivity contribution < 1.29 is 18.4 Å². The molecule has 1 aliphatic rings. The Kier molecular flexibility index (Phi) is 4.00. The van der Waals surface area contributed by atoms with Gasteiger partial charge in [0.1, 0.15) is 5.69 Å². The Bertz CT molecular complexity index is 784. The molecule has 2 aromatic rings. The van der Waals surface area contributed by atoms with Crippen LogP contribution in [-0.2, 0) is 17.3 Å². The van der Waals surface area contributed by atoms with E-state index in [1.54, 1.807) is 12.3 Å². The molecule has 2 heterocycles. The van der Waals surface area contributed by atoms with Crippen LogP contribution in [0.3, 0.4) is 0 Å². The highest BCUT2D eigenvalue weighted by Crippen LogP contribution is 2.47. The maximum Gasteiger partial charge on any atom is 0.385 e. The van der Waals surface area contributed by atoms with Gasteiger partial charge in [-0.1, -0.05) is 11.2 Å². The lowest BCUT2D eigenvalue weighted by Crippen LogP contribution is -2.30. The van der Waals surface area contributed by atoms with Crippen molar-refractivity contribution in [3.8, 4) is 0 Å². The van der Waals surface area contributed by atoms with E-state index in [-0.39, 0.29) is 17.2 Å². The highest BCUT2D eigenvalue weighted by molar-refractivity contribution is 5.95. The number of rotatable bonds is 5. The summed E-state index contributed by atoms with van der Waals surface area (Å²) < 4.78 is 26.3. The van der Waals surface area contributed by atoms with Crippen LogP contribution in [0.4, 0.5) is 8.78 Å². The van der Waals surface area contributed by atoms with E-state index >= 15 is 0 Å². The molecule has 7 nitrogen and oxygen atoms in total. The van der Waals surface area contributed by atoms with Crippen molar-refractivity contribution >= 4 is 11.8 Å². The number of hydrogen-bond donors (Lipinski definition) is 1. The third-order valence-electron chi connectivity index (χ3n) is 3.97. The van der Waals surface area contributed by atoms with E-state index in [0.29, 0.717) is 0 Å². The van der Waals surface area contributed by atoms with E-state index < -0.39 is 17.8 Å². The normalized spacial score (nSPS) is 16.2. The lowest BCUT2D eigenvalue weighted by molar-refractivity contribution is 0.0506. The van der Waals surface area contributed by atoms with Crippen LogP contribution < -0.4 is 5.73 Å². The molecule has 2 N–H and O–H groups in total. The van der Waals surface area contributed by atoms with E-state index in [4.69, 9.17) is 10.6 Å². The summed E-state index contributed by atoms with van der Waals surface area (Å²) in [6, 6.07) is 6.41. The first-order valence-electron chi connectivity index (χ1n) is 7.23. The number of halogens is 2. The van der Waals surface area contributed by atoms with E-state index in [2.05, 4.69) is 15.2 Å². The average Bonchev–Trinajstić information content (AvgIpc) is 3.29. The minimum atomic E-state index is -2.74. The molecule has 1 aliphatic carbocycles. The van der Waals surface area contributed by atoms with Crippen LogP contribution in [0.25, 0.3) is 0 Å².